The van der Waals surface area contributed by atoms with Gasteiger partial charge in [-0.15, -0.1) is 0 Å². The number of ether oxygens (including phenoxy) is 1. The standard InChI is InChI=1S/C13H16BrNO3/c1-2-18-13(17)11(7-9-3-4-9)15-6-5-10(14)8-12(15)16/h5-6,8-9,11H,2-4,7H2,1H3/t11-/m0/s1. The van der Waals surface area contributed by atoms with E-state index in [0.29, 0.717) is 18.9 Å². The molecule has 0 saturated heterocycles. The summed E-state index contributed by atoms with van der Waals surface area (Å²) in [7, 11) is 0. The number of esters is 1. The van der Waals surface area contributed by atoms with Crippen molar-refractivity contribution in [1.29, 1.82) is 0 Å². The van der Waals surface area contributed by atoms with Crippen molar-refractivity contribution in [2.24, 2.45) is 5.92 Å². The summed E-state index contributed by atoms with van der Waals surface area (Å²) in [4.78, 5) is 23.9. The van der Waals surface area contributed by atoms with Gasteiger partial charge < -0.3 is 9.30 Å². The fourth-order valence-corrected chi connectivity index (χ4v) is 2.27. The molecule has 2 rings (SSSR count). The lowest BCUT2D eigenvalue weighted by Crippen LogP contribution is -2.30. The highest BCUT2D eigenvalue weighted by atomic mass is 79.9. The van der Waals surface area contributed by atoms with Crippen molar-refractivity contribution in [3.05, 3.63) is 33.2 Å². The molecule has 18 heavy (non-hydrogen) atoms. The van der Waals surface area contributed by atoms with Crippen molar-refractivity contribution in [3.63, 3.8) is 0 Å². The van der Waals surface area contributed by atoms with Crippen LogP contribution in [0.3, 0.4) is 0 Å². The smallest absolute Gasteiger partial charge is 0.329 e. The van der Waals surface area contributed by atoms with Crippen molar-refractivity contribution in [1.82, 2.24) is 4.57 Å². The van der Waals surface area contributed by atoms with Crippen LogP contribution in [-0.2, 0) is 9.53 Å². The van der Waals surface area contributed by atoms with Crippen LogP contribution in [0.4, 0.5) is 0 Å². The average Bonchev–Trinajstić information content (AvgIpc) is 3.11. The highest BCUT2D eigenvalue weighted by molar-refractivity contribution is 9.10. The maximum absolute atomic E-state index is 12.0. The van der Waals surface area contributed by atoms with E-state index in [0.717, 1.165) is 17.3 Å². The minimum Gasteiger partial charge on any atom is -0.464 e. The van der Waals surface area contributed by atoms with E-state index in [2.05, 4.69) is 15.9 Å². The molecule has 0 bridgehead atoms. The minimum absolute atomic E-state index is 0.178. The maximum atomic E-state index is 12.0. The molecule has 98 valence electrons. The Labute approximate surface area is 114 Å². The zero-order chi connectivity index (χ0) is 13.1. The number of halogens is 1. The Morgan fingerprint density at radius 3 is 2.89 bits per heavy atom. The van der Waals surface area contributed by atoms with Crippen molar-refractivity contribution >= 4 is 21.9 Å². The topological polar surface area (TPSA) is 48.3 Å². The molecule has 1 aromatic heterocycles. The van der Waals surface area contributed by atoms with E-state index in [9.17, 15) is 9.59 Å². The molecule has 4 nitrogen and oxygen atoms in total. The van der Waals surface area contributed by atoms with Crippen molar-refractivity contribution in [3.8, 4) is 0 Å². The second kappa shape index (κ2) is 5.69. The van der Waals surface area contributed by atoms with Crippen LogP contribution in [0.15, 0.2) is 27.6 Å². The number of carbonyl (C=O) groups is 1. The van der Waals surface area contributed by atoms with Crippen LogP contribution in [-0.4, -0.2) is 17.1 Å². The first-order chi connectivity index (χ1) is 8.61. The van der Waals surface area contributed by atoms with E-state index >= 15 is 0 Å². The summed E-state index contributed by atoms with van der Waals surface area (Å²) in [6.07, 6.45) is 4.62. The molecule has 0 N–H and O–H groups in total. The highest BCUT2D eigenvalue weighted by Crippen LogP contribution is 2.37. The molecule has 1 atom stereocenters. The fraction of sp³-hybridized carbons (Fsp3) is 0.538. The lowest BCUT2D eigenvalue weighted by Gasteiger charge is -2.18. The van der Waals surface area contributed by atoms with Gasteiger partial charge in [0.25, 0.3) is 5.56 Å². The third-order valence-corrected chi connectivity index (χ3v) is 3.55. The number of aromatic nitrogens is 1. The molecule has 0 amide bonds. The SMILES string of the molecule is CCOC(=O)[C@H](CC1CC1)n1ccc(Br)cc1=O. The Bertz CT molecular complexity index is 493. The normalized spacial score (nSPS) is 16.3. The van der Waals surface area contributed by atoms with E-state index < -0.39 is 6.04 Å². The number of nitrogens with zero attached hydrogens (tertiary/aromatic N) is 1. The molecule has 1 saturated carbocycles. The van der Waals surface area contributed by atoms with Gasteiger partial charge in [0, 0.05) is 16.7 Å². The Morgan fingerprint density at radius 2 is 2.33 bits per heavy atom. The summed E-state index contributed by atoms with van der Waals surface area (Å²) in [5, 5.41) is 0. The largest absolute Gasteiger partial charge is 0.464 e. The molecular weight excluding hydrogens is 298 g/mol. The van der Waals surface area contributed by atoms with Crippen LogP contribution in [0.2, 0.25) is 0 Å². The van der Waals surface area contributed by atoms with Gasteiger partial charge in [-0.3, -0.25) is 4.79 Å². The molecule has 1 heterocycles. The average molecular weight is 314 g/mol. The summed E-state index contributed by atoms with van der Waals surface area (Å²) in [5.41, 5.74) is -0.178. The zero-order valence-electron chi connectivity index (χ0n) is 10.3. The monoisotopic (exact) mass is 313 g/mol. The Morgan fingerprint density at radius 1 is 1.61 bits per heavy atom. The maximum Gasteiger partial charge on any atom is 0.329 e. The molecule has 1 aromatic rings. The van der Waals surface area contributed by atoms with Crippen molar-refractivity contribution < 1.29 is 9.53 Å². The predicted molar refractivity (Wildman–Crippen MR) is 71.4 cm³/mol. The van der Waals surface area contributed by atoms with Crippen LogP contribution in [0.1, 0.15) is 32.2 Å². The van der Waals surface area contributed by atoms with Gasteiger partial charge in [0.05, 0.1) is 6.61 Å². The van der Waals surface area contributed by atoms with Gasteiger partial charge in [0.2, 0.25) is 0 Å². The lowest BCUT2D eigenvalue weighted by atomic mass is 10.1. The third-order valence-electron chi connectivity index (χ3n) is 3.06. The number of rotatable bonds is 5. The molecule has 0 aliphatic heterocycles. The summed E-state index contributed by atoms with van der Waals surface area (Å²) in [6, 6.07) is 2.75. The number of pyridine rings is 1. The first-order valence-corrected chi connectivity index (χ1v) is 6.95. The van der Waals surface area contributed by atoms with E-state index in [1.807, 2.05) is 0 Å². The van der Waals surface area contributed by atoms with Crippen LogP contribution in [0.5, 0.6) is 0 Å². The number of hydrogen-bond donors (Lipinski definition) is 0. The molecule has 0 spiro atoms. The van der Waals surface area contributed by atoms with Gasteiger partial charge in [0.1, 0.15) is 6.04 Å². The summed E-state index contributed by atoms with van der Waals surface area (Å²) in [5.74, 6) is 0.240. The molecule has 1 aliphatic rings. The lowest BCUT2D eigenvalue weighted by molar-refractivity contribution is -0.147. The van der Waals surface area contributed by atoms with E-state index in [1.54, 1.807) is 19.2 Å². The van der Waals surface area contributed by atoms with E-state index in [1.165, 1.54) is 10.6 Å². The fourth-order valence-electron chi connectivity index (χ4n) is 1.95. The second-order valence-electron chi connectivity index (χ2n) is 4.54. The van der Waals surface area contributed by atoms with Gasteiger partial charge in [-0.2, -0.15) is 0 Å². The molecule has 0 radical (unpaired) electrons. The first kappa shape index (κ1) is 13.3. The summed E-state index contributed by atoms with van der Waals surface area (Å²) >= 11 is 3.25. The quantitative estimate of drug-likeness (QED) is 0.785. The van der Waals surface area contributed by atoms with Gasteiger partial charge in [-0.05, 0) is 25.3 Å². The molecule has 1 aliphatic carbocycles. The van der Waals surface area contributed by atoms with E-state index in [-0.39, 0.29) is 11.5 Å². The van der Waals surface area contributed by atoms with Gasteiger partial charge in [0.15, 0.2) is 0 Å². The Hall–Kier alpha value is -1.10. The summed E-state index contributed by atoms with van der Waals surface area (Å²) < 4.78 is 7.26. The molecule has 0 aromatic carbocycles. The Kier molecular flexibility index (Phi) is 4.22. The second-order valence-corrected chi connectivity index (χ2v) is 5.45. The van der Waals surface area contributed by atoms with Gasteiger partial charge >= 0.3 is 5.97 Å². The van der Waals surface area contributed by atoms with Gasteiger partial charge in [-0.1, -0.05) is 28.8 Å². The number of carbonyl (C=O) groups excluding carboxylic acids is 1. The first-order valence-electron chi connectivity index (χ1n) is 6.16. The van der Waals surface area contributed by atoms with Crippen LogP contribution >= 0.6 is 15.9 Å². The van der Waals surface area contributed by atoms with Gasteiger partial charge in [-0.25, -0.2) is 4.79 Å². The molecule has 5 heteroatoms. The molecule has 1 fully saturated rings. The Balaban J connectivity index is 2.26. The zero-order valence-corrected chi connectivity index (χ0v) is 11.9. The number of hydrogen-bond acceptors (Lipinski definition) is 3. The van der Waals surface area contributed by atoms with Crippen molar-refractivity contribution in [2.75, 3.05) is 6.61 Å². The molecular formula is C13H16BrNO3. The predicted octanol–water partition coefficient (Wildman–Crippen LogP) is 2.52. The minimum atomic E-state index is -0.488. The highest BCUT2D eigenvalue weighted by Gasteiger charge is 2.31. The van der Waals surface area contributed by atoms with Crippen molar-refractivity contribution in [2.45, 2.75) is 32.2 Å². The molecule has 0 unspecified atom stereocenters. The van der Waals surface area contributed by atoms with Crippen LogP contribution < -0.4 is 5.56 Å². The third kappa shape index (κ3) is 3.22. The van der Waals surface area contributed by atoms with E-state index in [4.69, 9.17) is 4.74 Å². The van der Waals surface area contributed by atoms with Crippen LogP contribution in [0.25, 0.3) is 0 Å². The van der Waals surface area contributed by atoms with Crippen LogP contribution in [0, 0.1) is 5.92 Å². The summed E-state index contributed by atoms with van der Waals surface area (Å²) in [6.45, 7) is 2.11.